The van der Waals surface area contributed by atoms with Gasteiger partial charge in [0, 0.05) is 12.3 Å². The predicted octanol–water partition coefficient (Wildman–Crippen LogP) is 0.284. The van der Waals surface area contributed by atoms with Crippen LogP contribution in [0.3, 0.4) is 0 Å². The maximum Gasteiger partial charge on any atom is 0.417 e. The second-order valence-electron chi connectivity index (χ2n) is 3.92. The molecule has 1 amide bonds. The van der Waals surface area contributed by atoms with E-state index in [9.17, 15) is 27.6 Å². The number of rotatable bonds is 4. The quantitative estimate of drug-likeness (QED) is 0.807. The lowest BCUT2D eigenvalue weighted by Crippen LogP contribution is -2.33. The van der Waals surface area contributed by atoms with Crippen LogP contribution in [0.5, 0.6) is 0 Å². The van der Waals surface area contributed by atoms with E-state index in [1.165, 1.54) is 6.92 Å². The van der Waals surface area contributed by atoms with Gasteiger partial charge >= 0.3 is 12.1 Å². The van der Waals surface area contributed by atoms with Crippen LogP contribution < -0.4 is 11.3 Å². The summed E-state index contributed by atoms with van der Waals surface area (Å²) in [5.74, 6) is -1.95. The lowest BCUT2D eigenvalue weighted by molar-refractivity contribution is -0.154. The summed E-state index contributed by atoms with van der Waals surface area (Å²) in [7, 11) is 0. The topological polar surface area (TPSA) is 91.4 Å². The van der Waals surface area contributed by atoms with Gasteiger partial charge in [0.05, 0.1) is 5.56 Å². The van der Waals surface area contributed by atoms with Crippen LogP contribution in [0.4, 0.5) is 13.2 Å². The molecule has 20 heavy (non-hydrogen) atoms. The first kappa shape index (κ1) is 15.7. The molecule has 1 aromatic heterocycles. The number of nitrogens with zero attached hydrogens (tertiary/aromatic N) is 1. The van der Waals surface area contributed by atoms with Crippen molar-refractivity contribution in [3.05, 3.63) is 34.2 Å². The minimum absolute atomic E-state index is 0.499. The number of nitrogens with two attached hydrogens (primary N) is 1. The molecular formula is C11H11F3N2O4. The maximum atomic E-state index is 12.5. The third-order valence-corrected chi connectivity index (χ3v) is 2.32. The molecule has 0 radical (unpaired) electrons. The van der Waals surface area contributed by atoms with Crippen LogP contribution >= 0.6 is 0 Å². The summed E-state index contributed by atoms with van der Waals surface area (Å²) in [5.41, 5.74) is 2.98. The summed E-state index contributed by atoms with van der Waals surface area (Å²) in [5, 5.41) is 0. The Balaban J connectivity index is 2.90. The number of ether oxygens (including phenoxy) is 1. The first-order chi connectivity index (χ1) is 9.11. The molecule has 0 saturated carbocycles. The fourth-order valence-corrected chi connectivity index (χ4v) is 1.25. The molecule has 1 rings (SSSR count). The summed E-state index contributed by atoms with van der Waals surface area (Å²) >= 11 is 0. The Kier molecular flexibility index (Phi) is 4.53. The second-order valence-corrected chi connectivity index (χ2v) is 3.92. The van der Waals surface area contributed by atoms with Gasteiger partial charge < -0.3 is 15.0 Å². The highest BCUT2D eigenvalue weighted by Crippen LogP contribution is 2.27. The van der Waals surface area contributed by atoms with Gasteiger partial charge in [-0.05, 0) is 13.0 Å². The molecule has 1 heterocycles. The Hall–Kier alpha value is -2.32. The maximum absolute atomic E-state index is 12.5. The number of alkyl halides is 3. The summed E-state index contributed by atoms with van der Waals surface area (Å²) in [4.78, 5) is 33.4. The Labute approximate surface area is 110 Å². The number of pyridine rings is 1. The van der Waals surface area contributed by atoms with Crippen LogP contribution in [0.15, 0.2) is 23.1 Å². The molecular weight excluding hydrogens is 281 g/mol. The van der Waals surface area contributed by atoms with Crippen LogP contribution in [0.2, 0.25) is 0 Å². The first-order valence-electron chi connectivity index (χ1n) is 5.37. The van der Waals surface area contributed by atoms with Crippen molar-refractivity contribution in [2.24, 2.45) is 5.73 Å². The van der Waals surface area contributed by atoms with Crippen LogP contribution in [-0.2, 0) is 27.0 Å². The van der Waals surface area contributed by atoms with E-state index in [0.29, 0.717) is 22.9 Å². The Morgan fingerprint density at radius 3 is 2.50 bits per heavy atom. The van der Waals surface area contributed by atoms with Gasteiger partial charge in [-0.2, -0.15) is 13.2 Å². The van der Waals surface area contributed by atoms with E-state index >= 15 is 0 Å². The van der Waals surface area contributed by atoms with E-state index in [2.05, 4.69) is 4.74 Å². The number of hydrogen-bond donors (Lipinski definition) is 1. The summed E-state index contributed by atoms with van der Waals surface area (Å²) in [6.45, 7) is 0.454. The van der Waals surface area contributed by atoms with Crippen LogP contribution in [0, 0.1) is 0 Å². The molecule has 110 valence electrons. The molecule has 0 fully saturated rings. The van der Waals surface area contributed by atoms with E-state index in [1.807, 2.05) is 0 Å². The van der Waals surface area contributed by atoms with E-state index < -0.39 is 41.8 Å². The highest BCUT2D eigenvalue weighted by atomic mass is 19.4. The molecule has 1 atom stereocenters. The molecule has 0 aromatic carbocycles. The van der Waals surface area contributed by atoms with Crippen LogP contribution in [0.25, 0.3) is 0 Å². The predicted molar refractivity (Wildman–Crippen MR) is 60.5 cm³/mol. The molecule has 0 aliphatic carbocycles. The molecule has 9 heteroatoms. The van der Waals surface area contributed by atoms with Gasteiger partial charge in [0.15, 0.2) is 6.10 Å². The Bertz CT molecular complexity index is 580. The third-order valence-electron chi connectivity index (χ3n) is 2.32. The van der Waals surface area contributed by atoms with E-state index in [1.54, 1.807) is 0 Å². The van der Waals surface area contributed by atoms with Gasteiger partial charge in [0.2, 0.25) is 0 Å². The molecule has 0 aliphatic rings. The summed E-state index contributed by atoms with van der Waals surface area (Å²) in [6, 6.07) is 1.30. The van der Waals surface area contributed by atoms with Gasteiger partial charge in [-0.15, -0.1) is 0 Å². The molecule has 0 saturated heterocycles. The van der Waals surface area contributed by atoms with Gasteiger partial charge in [-0.3, -0.25) is 14.4 Å². The van der Waals surface area contributed by atoms with E-state index in [4.69, 9.17) is 5.73 Å². The normalized spacial score (nSPS) is 12.8. The smallest absolute Gasteiger partial charge is 0.417 e. The molecule has 2 N–H and O–H groups in total. The Morgan fingerprint density at radius 1 is 1.40 bits per heavy atom. The lowest BCUT2D eigenvalue weighted by Gasteiger charge is -2.12. The van der Waals surface area contributed by atoms with Crippen LogP contribution in [0.1, 0.15) is 12.5 Å². The number of carbonyl (C=O) groups is 2. The van der Waals surface area contributed by atoms with Crippen molar-refractivity contribution in [3.8, 4) is 0 Å². The fraction of sp³-hybridized carbons (Fsp3) is 0.364. The average molecular weight is 292 g/mol. The molecule has 0 bridgehead atoms. The van der Waals surface area contributed by atoms with Crippen molar-refractivity contribution >= 4 is 11.9 Å². The molecule has 0 unspecified atom stereocenters. The molecule has 0 spiro atoms. The summed E-state index contributed by atoms with van der Waals surface area (Å²) < 4.78 is 42.5. The number of aromatic nitrogens is 1. The monoisotopic (exact) mass is 292 g/mol. The minimum atomic E-state index is -4.64. The average Bonchev–Trinajstić information content (AvgIpc) is 2.30. The highest BCUT2D eigenvalue weighted by molar-refractivity contribution is 5.81. The van der Waals surface area contributed by atoms with E-state index in [-0.39, 0.29) is 0 Å². The number of hydrogen-bond acceptors (Lipinski definition) is 4. The van der Waals surface area contributed by atoms with Crippen molar-refractivity contribution < 1.29 is 27.5 Å². The number of halogens is 3. The van der Waals surface area contributed by atoms with Crippen LogP contribution in [-0.4, -0.2) is 22.5 Å². The zero-order valence-electron chi connectivity index (χ0n) is 10.3. The van der Waals surface area contributed by atoms with Crippen molar-refractivity contribution in [2.75, 3.05) is 0 Å². The number of primary amides is 1. The van der Waals surface area contributed by atoms with Crippen molar-refractivity contribution in [2.45, 2.75) is 25.7 Å². The Morgan fingerprint density at radius 2 is 2.00 bits per heavy atom. The fourth-order valence-electron chi connectivity index (χ4n) is 1.25. The van der Waals surface area contributed by atoms with Gasteiger partial charge in [-0.1, -0.05) is 0 Å². The van der Waals surface area contributed by atoms with Crippen molar-refractivity contribution in [3.63, 3.8) is 0 Å². The van der Waals surface area contributed by atoms with Gasteiger partial charge in [0.1, 0.15) is 6.54 Å². The zero-order chi connectivity index (χ0) is 15.5. The second kappa shape index (κ2) is 5.76. The highest BCUT2D eigenvalue weighted by Gasteiger charge is 2.31. The molecule has 1 aromatic rings. The third kappa shape index (κ3) is 4.11. The number of amides is 1. The SMILES string of the molecule is C[C@H](OC(=O)Cn1cc(C(F)(F)F)ccc1=O)C(N)=O. The lowest BCUT2D eigenvalue weighted by atomic mass is 10.3. The molecule has 0 aliphatic heterocycles. The standard InChI is InChI=1S/C11H11F3N2O4/c1-6(10(15)19)20-9(18)5-16-4-7(11(12,13)14)2-3-8(16)17/h2-4,6H,5H2,1H3,(H2,15,19)/t6-/m0/s1. The largest absolute Gasteiger partial charge is 0.451 e. The first-order valence-corrected chi connectivity index (χ1v) is 5.37. The van der Waals surface area contributed by atoms with Crippen molar-refractivity contribution in [1.29, 1.82) is 0 Å². The summed E-state index contributed by atoms with van der Waals surface area (Å²) in [6.07, 6.45) is -5.37. The number of esters is 1. The minimum Gasteiger partial charge on any atom is -0.451 e. The zero-order valence-corrected chi connectivity index (χ0v) is 10.3. The van der Waals surface area contributed by atoms with Gasteiger partial charge in [-0.25, -0.2) is 0 Å². The number of carbonyl (C=O) groups excluding carboxylic acids is 2. The van der Waals surface area contributed by atoms with E-state index in [0.717, 1.165) is 0 Å². The van der Waals surface area contributed by atoms with Crippen molar-refractivity contribution in [1.82, 2.24) is 4.57 Å². The van der Waals surface area contributed by atoms with Gasteiger partial charge in [0.25, 0.3) is 11.5 Å². The molecule has 6 nitrogen and oxygen atoms in total.